The Labute approximate surface area is 258 Å². The Hall–Kier alpha value is -3.88. The molecule has 1 aliphatic rings. The smallest absolute Gasteiger partial charge is 0.305 e. The number of halogens is 1. The van der Waals surface area contributed by atoms with Gasteiger partial charge < -0.3 is 23.7 Å². The van der Waals surface area contributed by atoms with Crippen LogP contribution in [0.2, 0.25) is 0 Å². The summed E-state index contributed by atoms with van der Waals surface area (Å²) in [7, 11) is 0. The van der Waals surface area contributed by atoms with Gasteiger partial charge in [0.25, 0.3) is 0 Å². The van der Waals surface area contributed by atoms with Crippen LogP contribution in [-0.2, 0) is 54.9 Å². The van der Waals surface area contributed by atoms with Crippen molar-refractivity contribution in [2.24, 2.45) is 0 Å². The number of hydrogen-bond acceptors (Lipinski definition) is 6. The second-order valence-corrected chi connectivity index (χ2v) is 10.8. The van der Waals surface area contributed by atoms with Crippen molar-refractivity contribution in [1.82, 2.24) is 0 Å². The topological polar surface area (TPSA) is 63.2 Å². The minimum absolute atomic E-state index is 0.0909. The number of carbonyl (C=O) groups is 1. The molecule has 0 aliphatic heterocycles. The van der Waals surface area contributed by atoms with Crippen LogP contribution in [0.5, 0.6) is 0 Å². The predicted octanol–water partition coefficient (Wildman–Crippen LogP) is 7.00. The van der Waals surface area contributed by atoms with Gasteiger partial charge in [0, 0.05) is 6.42 Å². The van der Waals surface area contributed by atoms with Gasteiger partial charge in [-0.1, -0.05) is 128 Å². The van der Waals surface area contributed by atoms with E-state index in [0.717, 1.165) is 22.3 Å². The lowest BCUT2D eigenvalue weighted by Gasteiger charge is -2.47. The summed E-state index contributed by atoms with van der Waals surface area (Å²) in [6.07, 6.45) is -6.71. The van der Waals surface area contributed by atoms with E-state index >= 15 is 4.39 Å². The van der Waals surface area contributed by atoms with E-state index in [9.17, 15) is 4.79 Å². The Bertz CT molecular complexity index is 1390. The minimum atomic E-state index is -1.74. The highest BCUT2D eigenvalue weighted by Crippen LogP contribution is 2.36. The molecular weight excluding hydrogens is 559 g/mol. The van der Waals surface area contributed by atoms with Gasteiger partial charge in [0.2, 0.25) is 0 Å². The Kier molecular flexibility index (Phi) is 11.7. The van der Waals surface area contributed by atoms with Crippen LogP contribution in [0.15, 0.2) is 121 Å². The third kappa shape index (κ3) is 8.61. The molecule has 44 heavy (non-hydrogen) atoms. The van der Waals surface area contributed by atoms with Crippen molar-refractivity contribution in [3.05, 3.63) is 144 Å². The summed E-state index contributed by atoms with van der Waals surface area (Å²) < 4.78 is 48.3. The molecule has 1 saturated carbocycles. The summed E-state index contributed by atoms with van der Waals surface area (Å²) in [4.78, 5) is 12.7. The van der Waals surface area contributed by atoms with Crippen LogP contribution in [-0.4, -0.2) is 42.7 Å². The van der Waals surface area contributed by atoms with Crippen molar-refractivity contribution < 1.29 is 32.9 Å². The number of esters is 1. The molecule has 0 heterocycles. The van der Waals surface area contributed by atoms with Gasteiger partial charge in [0.15, 0.2) is 12.3 Å². The third-order valence-corrected chi connectivity index (χ3v) is 7.62. The fourth-order valence-electron chi connectivity index (χ4n) is 5.30. The standard InChI is InChI=1S/C37H39FO6/c1-2-31(39)44-34-32(38)33(40-23-27-15-7-3-8-16-27)35(41-24-28-17-9-4-10-18-28)37(43-26-30-21-13-6-14-22-30)36(34)42-25-29-19-11-5-12-20-29/h3-22,32-37H,2,23-26H2,1H3/t32-,33-,34-,35+,36-,37-/m0/s1. The molecule has 0 spiro atoms. The molecule has 0 aromatic heterocycles. The van der Waals surface area contributed by atoms with Gasteiger partial charge in [-0.05, 0) is 22.3 Å². The monoisotopic (exact) mass is 598 g/mol. The molecule has 0 unspecified atom stereocenters. The zero-order valence-corrected chi connectivity index (χ0v) is 24.9. The highest BCUT2D eigenvalue weighted by atomic mass is 19.1. The van der Waals surface area contributed by atoms with Gasteiger partial charge in [-0.3, -0.25) is 4.79 Å². The van der Waals surface area contributed by atoms with E-state index in [-0.39, 0.29) is 32.8 Å². The molecule has 7 heteroatoms. The number of carbonyl (C=O) groups excluding carboxylic acids is 1. The Morgan fingerprint density at radius 3 is 1.14 bits per heavy atom. The van der Waals surface area contributed by atoms with Crippen LogP contribution in [0.25, 0.3) is 0 Å². The van der Waals surface area contributed by atoms with E-state index in [1.54, 1.807) is 6.92 Å². The number of hydrogen-bond donors (Lipinski definition) is 0. The van der Waals surface area contributed by atoms with Gasteiger partial charge in [0.1, 0.15) is 24.4 Å². The van der Waals surface area contributed by atoms with Crippen LogP contribution in [0, 0.1) is 0 Å². The average molecular weight is 599 g/mol. The van der Waals surface area contributed by atoms with Crippen LogP contribution in [0.3, 0.4) is 0 Å². The van der Waals surface area contributed by atoms with E-state index in [1.165, 1.54) is 0 Å². The summed E-state index contributed by atoms with van der Waals surface area (Å²) in [6, 6.07) is 38.5. The molecule has 0 amide bonds. The molecule has 6 nitrogen and oxygen atoms in total. The first-order valence-electron chi connectivity index (χ1n) is 15.1. The SMILES string of the molecule is CCC(=O)O[C@H]1[C@@H](F)[C@H](OCc2ccccc2)[C@@H](OCc2ccccc2)[C@H](OCc2ccccc2)[C@H]1OCc1ccccc1. The van der Waals surface area contributed by atoms with Gasteiger partial charge >= 0.3 is 5.97 Å². The first kappa shape index (κ1) is 31.5. The first-order chi connectivity index (χ1) is 21.6. The van der Waals surface area contributed by atoms with E-state index in [1.807, 2.05) is 121 Å². The molecule has 4 aromatic carbocycles. The summed E-state index contributed by atoms with van der Waals surface area (Å²) in [5.74, 6) is -0.529. The molecular formula is C37H39FO6. The molecule has 0 radical (unpaired) electrons. The minimum Gasteiger partial charge on any atom is -0.456 e. The van der Waals surface area contributed by atoms with Crippen molar-refractivity contribution in [3.63, 3.8) is 0 Å². The Balaban J connectivity index is 1.50. The quantitative estimate of drug-likeness (QED) is 0.146. The predicted molar refractivity (Wildman–Crippen MR) is 165 cm³/mol. The van der Waals surface area contributed by atoms with Crippen molar-refractivity contribution in [1.29, 1.82) is 0 Å². The van der Waals surface area contributed by atoms with Crippen LogP contribution < -0.4 is 0 Å². The summed E-state index contributed by atoms with van der Waals surface area (Å²) >= 11 is 0. The Morgan fingerprint density at radius 1 is 0.500 bits per heavy atom. The molecule has 0 N–H and O–H groups in total. The lowest BCUT2D eigenvalue weighted by Crippen LogP contribution is -2.66. The molecule has 0 bridgehead atoms. The lowest BCUT2D eigenvalue weighted by atomic mass is 9.84. The molecule has 1 fully saturated rings. The second-order valence-electron chi connectivity index (χ2n) is 10.8. The Morgan fingerprint density at radius 2 is 0.795 bits per heavy atom. The van der Waals surface area contributed by atoms with Crippen molar-refractivity contribution in [2.45, 2.75) is 76.5 Å². The average Bonchev–Trinajstić information content (AvgIpc) is 3.08. The summed E-state index contributed by atoms with van der Waals surface area (Å²) in [6.45, 7) is 2.42. The molecule has 230 valence electrons. The number of ether oxygens (including phenoxy) is 5. The van der Waals surface area contributed by atoms with E-state index in [4.69, 9.17) is 23.7 Å². The normalized spacial score (nSPS) is 23.2. The fraction of sp³-hybridized carbons (Fsp3) is 0.324. The zero-order valence-electron chi connectivity index (χ0n) is 24.9. The molecule has 1 aliphatic carbocycles. The summed E-state index contributed by atoms with van der Waals surface area (Å²) in [5.41, 5.74) is 3.64. The largest absolute Gasteiger partial charge is 0.456 e. The van der Waals surface area contributed by atoms with Gasteiger partial charge in [-0.2, -0.15) is 0 Å². The molecule has 4 aromatic rings. The number of alkyl halides is 1. The van der Waals surface area contributed by atoms with E-state index in [2.05, 4.69) is 0 Å². The van der Waals surface area contributed by atoms with Crippen LogP contribution in [0.1, 0.15) is 35.6 Å². The second kappa shape index (κ2) is 16.3. The molecule has 5 rings (SSSR count). The van der Waals surface area contributed by atoms with E-state index < -0.39 is 42.7 Å². The first-order valence-corrected chi connectivity index (χ1v) is 15.1. The van der Waals surface area contributed by atoms with Crippen molar-refractivity contribution in [2.75, 3.05) is 0 Å². The fourth-order valence-corrected chi connectivity index (χ4v) is 5.30. The van der Waals surface area contributed by atoms with Gasteiger partial charge in [0.05, 0.1) is 26.4 Å². The van der Waals surface area contributed by atoms with Gasteiger partial charge in [-0.25, -0.2) is 4.39 Å². The maximum atomic E-state index is 16.8. The van der Waals surface area contributed by atoms with E-state index in [0.29, 0.717) is 0 Å². The maximum Gasteiger partial charge on any atom is 0.305 e. The maximum absolute atomic E-state index is 16.8. The van der Waals surface area contributed by atoms with Crippen molar-refractivity contribution >= 4 is 5.97 Å². The zero-order chi connectivity index (χ0) is 30.6. The molecule has 6 atom stereocenters. The highest BCUT2D eigenvalue weighted by molar-refractivity contribution is 5.69. The number of rotatable bonds is 14. The van der Waals surface area contributed by atoms with Crippen molar-refractivity contribution in [3.8, 4) is 0 Å². The summed E-state index contributed by atoms with van der Waals surface area (Å²) in [5, 5.41) is 0. The van der Waals surface area contributed by atoms with Gasteiger partial charge in [-0.15, -0.1) is 0 Å². The van der Waals surface area contributed by atoms with Crippen LogP contribution in [0.4, 0.5) is 4.39 Å². The number of benzene rings is 4. The highest BCUT2D eigenvalue weighted by Gasteiger charge is 2.56. The lowest BCUT2D eigenvalue weighted by molar-refractivity contribution is -0.266. The van der Waals surface area contributed by atoms with Crippen LogP contribution >= 0.6 is 0 Å². The third-order valence-electron chi connectivity index (χ3n) is 7.62. The molecule has 0 saturated heterocycles.